The molecule has 5 nitrogen and oxygen atoms in total. The van der Waals surface area contributed by atoms with Crippen molar-refractivity contribution in [2.45, 2.75) is 6.42 Å². The fourth-order valence-electron chi connectivity index (χ4n) is 1.72. The van der Waals surface area contributed by atoms with Gasteiger partial charge in [0.1, 0.15) is 0 Å². The Morgan fingerprint density at radius 1 is 1.29 bits per heavy atom. The van der Waals surface area contributed by atoms with Crippen LogP contribution in [0.15, 0.2) is 40.8 Å². The maximum absolute atomic E-state index is 11.7. The van der Waals surface area contributed by atoms with E-state index < -0.39 is 0 Å². The molecule has 0 saturated carbocycles. The Kier molecular flexibility index (Phi) is 5.34. The van der Waals surface area contributed by atoms with Crippen molar-refractivity contribution in [2.24, 2.45) is 5.10 Å². The SMILES string of the molecule is COc1ccc(C=NNC(=O)Cc2cccs2)cc1OC. The van der Waals surface area contributed by atoms with Crippen LogP contribution < -0.4 is 14.9 Å². The Balaban J connectivity index is 1.93. The van der Waals surface area contributed by atoms with Gasteiger partial charge < -0.3 is 9.47 Å². The monoisotopic (exact) mass is 304 g/mol. The van der Waals surface area contributed by atoms with E-state index in [1.54, 1.807) is 43.9 Å². The van der Waals surface area contributed by atoms with E-state index in [0.717, 1.165) is 10.4 Å². The average molecular weight is 304 g/mol. The lowest BCUT2D eigenvalue weighted by atomic mass is 10.2. The number of hydrogen-bond acceptors (Lipinski definition) is 5. The minimum absolute atomic E-state index is 0.144. The van der Waals surface area contributed by atoms with Gasteiger partial charge in [0.25, 0.3) is 0 Å². The molecule has 0 atom stereocenters. The fourth-order valence-corrected chi connectivity index (χ4v) is 2.43. The largest absolute Gasteiger partial charge is 0.493 e. The van der Waals surface area contributed by atoms with Gasteiger partial charge in [0.05, 0.1) is 26.9 Å². The van der Waals surface area contributed by atoms with E-state index >= 15 is 0 Å². The Labute approximate surface area is 127 Å². The Morgan fingerprint density at radius 2 is 2.10 bits per heavy atom. The van der Waals surface area contributed by atoms with Crippen LogP contribution in [-0.2, 0) is 11.2 Å². The zero-order chi connectivity index (χ0) is 15.1. The summed E-state index contributed by atoms with van der Waals surface area (Å²) in [5, 5.41) is 5.88. The summed E-state index contributed by atoms with van der Waals surface area (Å²) in [5.74, 6) is 1.12. The van der Waals surface area contributed by atoms with Gasteiger partial charge in [0.15, 0.2) is 11.5 Å². The van der Waals surface area contributed by atoms with E-state index in [-0.39, 0.29) is 5.91 Å². The van der Waals surface area contributed by atoms with Crippen LogP contribution in [0.4, 0.5) is 0 Å². The predicted molar refractivity (Wildman–Crippen MR) is 83.3 cm³/mol. The second-order valence-electron chi connectivity index (χ2n) is 4.16. The summed E-state index contributed by atoms with van der Waals surface area (Å²) in [5.41, 5.74) is 3.31. The van der Waals surface area contributed by atoms with E-state index in [9.17, 15) is 4.79 Å². The molecule has 1 N–H and O–H groups in total. The van der Waals surface area contributed by atoms with Gasteiger partial charge in [-0.05, 0) is 35.2 Å². The molecule has 1 aromatic carbocycles. The van der Waals surface area contributed by atoms with Crippen LogP contribution in [0.3, 0.4) is 0 Å². The van der Waals surface area contributed by atoms with Crippen LogP contribution in [-0.4, -0.2) is 26.3 Å². The molecule has 110 valence electrons. The van der Waals surface area contributed by atoms with Crippen molar-refractivity contribution in [3.8, 4) is 11.5 Å². The third kappa shape index (κ3) is 4.32. The highest BCUT2D eigenvalue weighted by Crippen LogP contribution is 2.26. The highest BCUT2D eigenvalue weighted by atomic mass is 32.1. The summed E-state index contributed by atoms with van der Waals surface area (Å²) in [6, 6.07) is 9.24. The molecule has 0 aliphatic rings. The number of carbonyl (C=O) groups is 1. The van der Waals surface area contributed by atoms with Gasteiger partial charge >= 0.3 is 0 Å². The van der Waals surface area contributed by atoms with Gasteiger partial charge in [-0.15, -0.1) is 11.3 Å². The van der Waals surface area contributed by atoms with Gasteiger partial charge in [0, 0.05) is 4.88 Å². The normalized spacial score (nSPS) is 10.6. The fraction of sp³-hybridized carbons (Fsp3) is 0.200. The molecule has 1 amide bonds. The molecule has 0 saturated heterocycles. The first-order valence-corrected chi connectivity index (χ1v) is 7.17. The van der Waals surface area contributed by atoms with Gasteiger partial charge in [-0.3, -0.25) is 4.79 Å². The first-order valence-electron chi connectivity index (χ1n) is 6.29. The number of carbonyl (C=O) groups excluding carboxylic acids is 1. The van der Waals surface area contributed by atoms with Crippen molar-refractivity contribution in [3.05, 3.63) is 46.2 Å². The molecule has 1 aromatic heterocycles. The number of benzene rings is 1. The second kappa shape index (κ2) is 7.44. The summed E-state index contributed by atoms with van der Waals surface area (Å²) in [7, 11) is 3.15. The van der Waals surface area contributed by atoms with Gasteiger partial charge in [-0.2, -0.15) is 5.10 Å². The third-order valence-electron chi connectivity index (χ3n) is 2.73. The number of methoxy groups -OCH3 is 2. The minimum atomic E-state index is -0.144. The number of rotatable bonds is 6. The van der Waals surface area contributed by atoms with E-state index in [2.05, 4.69) is 10.5 Å². The molecule has 2 aromatic rings. The lowest BCUT2D eigenvalue weighted by molar-refractivity contribution is -0.120. The molecular formula is C15H16N2O3S. The molecule has 0 fully saturated rings. The van der Waals surface area contributed by atoms with Crippen LogP contribution in [0.1, 0.15) is 10.4 Å². The molecule has 21 heavy (non-hydrogen) atoms. The van der Waals surface area contributed by atoms with Crippen LogP contribution in [0.25, 0.3) is 0 Å². The molecule has 1 heterocycles. The summed E-state index contributed by atoms with van der Waals surface area (Å²) in [6.45, 7) is 0. The van der Waals surface area contributed by atoms with Crippen molar-refractivity contribution in [1.82, 2.24) is 5.43 Å². The highest BCUT2D eigenvalue weighted by Gasteiger charge is 2.04. The zero-order valence-electron chi connectivity index (χ0n) is 11.8. The topological polar surface area (TPSA) is 59.9 Å². The van der Waals surface area contributed by atoms with Crippen LogP contribution in [0.2, 0.25) is 0 Å². The molecule has 0 aliphatic heterocycles. The average Bonchev–Trinajstić information content (AvgIpc) is 2.99. The Hall–Kier alpha value is -2.34. The first kappa shape index (κ1) is 15.1. The van der Waals surface area contributed by atoms with E-state index in [1.807, 2.05) is 23.6 Å². The quantitative estimate of drug-likeness (QED) is 0.659. The third-order valence-corrected chi connectivity index (χ3v) is 3.60. The number of amides is 1. The smallest absolute Gasteiger partial charge is 0.245 e. The molecule has 0 bridgehead atoms. The molecule has 0 aliphatic carbocycles. The molecule has 0 spiro atoms. The Morgan fingerprint density at radius 3 is 2.76 bits per heavy atom. The van der Waals surface area contributed by atoms with Gasteiger partial charge in [-0.25, -0.2) is 5.43 Å². The van der Waals surface area contributed by atoms with Crippen molar-refractivity contribution in [3.63, 3.8) is 0 Å². The molecule has 0 radical (unpaired) electrons. The summed E-state index contributed by atoms with van der Waals surface area (Å²) in [4.78, 5) is 12.7. The maximum atomic E-state index is 11.7. The van der Waals surface area contributed by atoms with Gasteiger partial charge in [0.2, 0.25) is 5.91 Å². The van der Waals surface area contributed by atoms with Crippen LogP contribution in [0, 0.1) is 0 Å². The van der Waals surface area contributed by atoms with Crippen molar-refractivity contribution in [1.29, 1.82) is 0 Å². The number of thiophene rings is 1. The van der Waals surface area contributed by atoms with E-state index in [0.29, 0.717) is 17.9 Å². The molecule has 0 unspecified atom stereocenters. The standard InChI is InChI=1S/C15H16N2O3S/c1-19-13-6-5-11(8-14(13)20-2)10-16-17-15(18)9-12-4-3-7-21-12/h3-8,10H,9H2,1-2H3,(H,17,18). The second-order valence-corrected chi connectivity index (χ2v) is 5.20. The van der Waals surface area contributed by atoms with Crippen LogP contribution in [0.5, 0.6) is 11.5 Å². The number of hydrogen-bond donors (Lipinski definition) is 1. The number of ether oxygens (including phenoxy) is 2. The lowest BCUT2D eigenvalue weighted by Crippen LogP contribution is -2.19. The number of nitrogens with zero attached hydrogens (tertiary/aromatic N) is 1. The number of nitrogens with one attached hydrogen (secondary N) is 1. The number of hydrazone groups is 1. The molecule has 6 heteroatoms. The predicted octanol–water partition coefficient (Wildman–Crippen LogP) is 2.46. The Bertz CT molecular complexity index is 624. The summed E-state index contributed by atoms with van der Waals surface area (Å²) in [6.07, 6.45) is 1.90. The maximum Gasteiger partial charge on any atom is 0.245 e. The summed E-state index contributed by atoms with van der Waals surface area (Å²) < 4.78 is 10.4. The zero-order valence-corrected chi connectivity index (χ0v) is 12.6. The van der Waals surface area contributed by atoms with E-state index in [1.165, 1.54) is 0 Å². The highest BCUT2D eigenvalue weighted by molar-refractivity contribution is 7.10. The lowest BCUT2D eigenvalue weighted by Gasteiger charge is -2.07. The summed E-state index contributed by atoms with van der Waals surface area (Å²) >= 11 is 1.55. The van der Waals surface area contributed by atoms with Crippen molar-refractivity contribution < 1.29 is 14.3 Å². The van der Waals surface area contributed by atoms with Gasteiger partial charge in [-0.1, -0.05) is 6.07 Å². The van der Waals surface area contributed by atoms with E-state index in [4.69, 9.17) is 9.47 Å². The minimum Gasteiger partial charge on any atom is -0.493 e. The molecular weight excluding hydrogens is 288 g/mol. The van der Waals surface area contributed by atoms with Crippen molar-refractivity contribution in [2.75, 3.05) is 14.2 Å². The first-order chi connectivity index (χ1) is 10.2. The van der Waals surface area contributed by atoms with Crippen LogP contribution >= 0.6 is 11.3 Å². The van der Waals surface area contributed by atoms with Crippen molar-refractivity contribution >= 4 is 23.5 Å². The molecule has 2 rings (SSSR count).